The van der Waals surface area contributed by atoms with Crippen LogP contribution >= 0.6 is 0 Å². The van der Waals surface area contributed by atoms with Gasteiger partial charge in [0.1, 0.15) is 22.8 Å². The molecule has 8 nitrogen and oxygen atoms in total. The molecule has 0 radical (unpaired) electrons. The first kappa shape index (κ1) is 19.9. The van der Waals surface area contributed by atoms with E-state index in [-0.39, 0.29) is 17.0 Å². The number of anilines is 1. The number of nitrogens with zero attached hydrogens (tertiary/aromatic N) is 1. The number of urea groups is 1. The molecule has 1 saturated heterocycles. The molecule has 0 bridgehead atoms. The summed E-state index contributed by atoms with van der Waals surface area (Å²) in [5, 5.41) is 2.19. The number of imide groups is 2. The zero-order chi connectivity index (χ0) is 21.0. The van der Waals surface area contributed by atoms with Crippen molar-refractivity contribution in [1.82, 2.24) is 5.32 Å². The fourth-order valence-corrected chi connectivity index (χ4v) is 2.84. The lowest BCUT2D eigenvalue weighted by atomic mass is 10.1. The number of benzene rings is 2. The van der Waals surface area contributed by atoms with Crippen LogP contribution in [-0.2, 0) is 9.59 Å². The molecule has 0 saturated carbocycles. The van der Waals surface area contributed by atoms with Crippen molar-refractivity contribution in [2.24, 2.45) is 0 Å². The van der Waals surface area contributed by atoms with E-state index in [1.165, 1.54) is 26.4 Å². The molecule has 1 fully saturated rings. The Balaban J connectivity index is 2.00. The molecule has 2 aromatic rings. The lowest BCUT2D eigenvalue weighted by molar-refractivity contribution is -0.122. The number of methoxy groups -OCH3 is 2. The molecular formula is C21H20N2O6. The standard InChI is InChI=1S/C21H20N2O6/c1-4-29-14-7-5-13(6-8-14)11-16-19(24)22-21(26)23(20(16)25)17-12-15(27-2)9-10-18(17)28-3/h5-12H,4H2,1-3H3,(H,22,24,26)/b16-11+. The van der Waals surface area contributed by atoms with E-state index in [1.807, 2.05) is 6.92 Å². The van der Waals surface area contributed by atoms with E-state index in [1.54, 1.807) is 36.4 Å². The number of carbonyl (C=O) groups is 3. The smallest absolute Gasteiger partial charge is 0.336 e. The summed E-state index contributed by atoms with van der Waals surface area (Å²) in [6.07, 6.45) is 1.42. The van der Waals surface area contributed by atoms with Crippen molar-refractivity contribution in [2.45, 2.75) is 6.92 Å². The number of hydrogen-bond donors (Lipinski definition) is 1. The topological polar surface area (TPSA) is 94.2 Å². The summed E-state index contributed by atoms with van der Waals surface area (Å²) in [6, 6.07) is 10.7. The first-order valence-electron chi connectivity index (χ1n) is 8.84. The van der Waals surface area contributed by atoms with E-state index < -0.39 is 17.8 Å². The second-order valence-electron chi connectivity index (χ2n) is 6.00. The Hall–Kier alpha value is -3.81. The lowest BCUT2D eigenvalue weighted by Crippen LogP contribution is -2.54. The SMILES string of the molecule is CCOc1ccc(/C=C2\C(=O)NC(=O)N(c3cc(OC)ccc3OC)C2=O)cc1. The molecule has 8 heteroatoms. The molecule has 0 atom stereocenters. The summed E-state index contributed by atoms with van der Waals surface area (Å²) in [6.45, 7) is 2.40. The zero-order valence-corrected chi connectivity index (χ0v) is 16.2. The fourth-order valence-electron chi connectivity index (χ4n) is 2.84. The number of ether oxygens (including phenoxy) is 3. The second-order valence-corrected chi connectivity index (χ2v) is 6.00. The van der Waals surface area contributed by atoms with Crippen molar-refractivity contribution in [1.29, 1.82) is 0 Å². The minimum atomic E-state index is -0.865. The van der Waals surface area contributed by atoms with Crippen LogP contribution < -0.4 is 24.4 Å². The number of amides is 4. The van der Waals surface area contributed by atoms with Crippen LogP contribution in [0.5, 0.6) is 17.2 Å². The third kappa shape index (κ3) is 4.06. The van der Waals surface area contributed by atoms with Crippen molar-refractivity contribution in [2.75, 3.05) is 25.7 Å². The number of carbonyl (C=O) groups excluding carboxylic acids is 3. The van der Waals surface area contributed by atoms with Gasteiger partial charge in [-0.05, 0) is 42.8 Å². The summed E-state index contributed by atoms with van der Waals surface area (Å²) < 4.78 is 15.8. The Kier molecular flexibility index (Phi) is 5.82. The molecule has 1 heterocycles. The van der Waals surface area contributed by atoms with Gasteiger partial charge in [-0.2, -0.15) is 0 Å². The maximum absolute atomic E-state index is 13.0. The highest BCUT2D eigenvalue weighted by Gasteiger charge is 2.38. The van der Waals surface area contributed by atoms with Crippen LogP contribution in [0.4, 0.5) is 10.5 Å². The van der Waals surface area contributed by atoms with Crippen LogP contribution in [0.3, 0.4) is 0 Å². The predicted octanol–water partition coefficient (Wildman–Crippen LogP) is 2.77. The van der Waals surface area contributed by atoms with Crippen molar-refractivity contribution in [3.63, 3.8) is 0 Å². The van der Waals surface area contributed by atoms with Crippen molar-refractivity contribution < 1.29 is 28.6 Å². The quantitative estimate of drug-likeness (QED) is 0.596. The monoisotopic (exact) mass is 396 g/mol. The van der Waals surface area contributed by atoms with Crippen molar-refractivity contribution in [3.8, 4) is 17.2 Å². The van der Waals surface area contributed by atoms with Crippen molar-refractivity contribution in [3.05, 3.63) is 53.6 Å². The Bertz CT molecular complexity index is 981. The third-order valence-electron chi connectivity index (χ3n) is 4.23. The van der Waals surface area contributed by atoms with Gasteiger partial charge in [0.25, 0.3) is 11.8 Å². The van der Waals surface area contributed by atoms with Gasteiger partial charge in [0, 0.05) is 6.07 Å². The van der Waals surface area contributed by atoms with E-state index in [0.717, 1.165) is 4.90 Å². The number of rotatable bonds is 6. The molecular weight excluding hydrogens is 376 g/mol. The van der Waals surface area contributed by atoms with Gasteiger partial charge in [0.15, 0.2) is 0 Å². The molecule has 1 aliphatic heterocycles. The maximum Gasteiger partial charge on any atom is 0.336 e. The Labute approximate surface area is 167 Å². The number of hydrogen-bond acceptors (Lipinski definition) is 6. The van der Waals surface area contributed by atoms with Crippen LogP contribution in [0, 0.1) is 0 Å². The maximum atomic E-state index is 13.0. The lowest BCUT2D eigenvalue weighted by Gasteiger charge is -2.27. The van der Waals surface area contributed by atoms with Gasteiger partial charge >= 0.3 is 6.03 Å². The Morgan fingerprint density at radius 1 is 0.966 bits per heavy atom. The van der Waals surface area contributed by atoms with Crippen LogP contribution in [0.25, 0.3) is 6.08 Å². The van der Waals surface area contributed by atoms with E-state index in [4.69, 9.17) is 14.2 Å². The molecule has 0 aromatic heterocycles. The van der Waals surface area contributed by atoms with E-state index in [0.29, 0.717) is 23.7 Å². The van der Waals surface area contributed by atoms with Gasteiger partial charge in [0.2, 0.25) is 0 Å². The fraction of sp³-hybridized carbons (Fsp3) is 0.190. The Morgan fingerprint density at radius 3 is 2.28 bits per heavy atom. The van der Waals surface area contributed by atoms with E-state index in [9.17, 15) is 14.4 Å². The second kappa shape index (κ2) is 8.47. The highest BCUT2D eigenvalue weighted by molar-refractivity contribution is 6.39. The first-order chi connectivity index (χ1) is 14.0. The predicted molar refractivity (Wildman–Crippen MR) is 106 cm³/mol. The number of nitrogens with one attached hydrogen (secondary N) is 1. The molecule has 150 valence electrons. The molecule has 0 unspecified atom stereocenters. The minimum absolute atomic E-state index is 0.166. The van der Waals surface area contributed by atoms with Crippen LogP contribution in [0.15, 0.2) is 48.0 Å². The molecule has 0 aliphatic carbocycles. The molecule has 3 rings (SSSR count). The average molecular weight is 396 g/mol. The van der Waals surface area contributed by atoms with Gasteiger partial charge in [-0.3, -0.25) is 14.9 Å². The van der Waals surface area contributed by atoms with Gasteiger partial charge in [0.05, 0.1) is 26.5 Å². The summed E-state index contributed by atoms with van der Waals surface area (Å²) >= 11 is 0. The molecule has 0 spiro atoms. The van der Waals surface area contributed by atoms with Gasteiger partial charge in [-0.25, -0.2) is 9.69 Å². The van der Waals surface area contributed by atoms with Crippen LogP contribution in [0.2, 0.25) is 0 Å². The summed E-state index contributed by atoms with van der Waals surface area (Å²) in [5.74, 6) is -0.155. The minimum Gasteiger partial charge on any atom is -0.497 e. The largest absolute Gasteiger partial charge is 0.497 e. The molecule has 1 N–H and O–H groups in total. The summed E-state index contributed by atoms with van der Waals surface area (Å²) in [7, 11) is 2.88. The molecule has 4 amide bonds. The Morgan fingerprint density at radius 2 is 1.66 bits per heavy atom. The zero-order valence-electron chi connectivity index (χ0n) is 16.2. The van der Waals surface area contributed by atoms with Crippen LogP contribution in [0.1, 0.15) is 12.5 Å². The summed E-state index contributed by atoms with van der Waals surface area (Å²) in [5.41, 5.74) is 0.594. The highest BCUT2D eigenvalue weighted by atomic mass is 16.5. The van der Waals surface area contributed by atoms with E-state index in [2.05, 4.69) is 5.32 Å². The van der Waals surface area contributed by atoms with Crippen molar-refractivity contribution >= 4 is 29.6 Å². The van der Waals surface area contributed by atoms with Gasteiger partial charge < -0.3 is 14.2 Å². The molecule has 29 heavy (non-hydrogen) atoms. The molecule has 2 aromatic carbocycles. The van der Waals surface area contributed by atoms with E-state index >= 15 is 0 Å². The highest BCUT2D eigenvalue weighted by Crippen LogP contribution is 2.34. The van der Waals surface area contributed by atoms with Gasteiger partial charge in [-0.1, -0.05) is 12.1 Å². The third-order valence-corrected chi connectivity index (χ3v) is 4.23. The first-order valence-corrected chi connectivity index (χ1v) is 8.84. The normalized spacial score (nSPS) is 15.3. The average Bonchev–Trinajstić information content (AvgIpc) is 2.72. The number of barbiturate groups is 1. The summed E-state index contributed by atoms with van der Waals surface area (Å²) in [4.78, 5) is 38.6. The van der Waals surface area contributed by atoms with Gasteiger partial charge in [-0.15, -0.1) is 0 Å². The molecule has 1 aliphatic rings. The van der Waals surface area contributed by atoms with Crippen LogP contribution in [-0.4, -0.2) is 38.7 Å².